The summed E-state index contributed by atoms with van der Waals surface area (Å²) in [5.41, 5.74) is 5.84. The lowest BCUT2D eigenvalue weighted by atomic mass is 9.88. The molecule has 1 saturated heterocycles. The van der Waals surface area contributed by atoms with Crippen molar-refractivity contribution in [3.63, 3.8) is 0 Å². The molecule has 0 saturated carbocycles. The van der Waals surface area contributed by atoms with Crippen LogP contribution < -0.4 is 9.64 Å². The lowest BCUT2D eigenvalue weighted by Crippen LogP contribution is -2.40. The molecule has 3 aromatic carbocycles. The molecule has 0 bridgehead atoms. The van der Waals surface area contributed by atoms with Crippen LogP contribution in [0.4, 0.5) is 5.69 Å². The molecule has 0 aliphatic carbocycles. The van der Waals surface area contributed by atoms with Crippen molar-refractivity contribution in [3.05, 3.63) is 87.2 Å². The largest absolute Gasteiger partial charge is 0.496 e. The molecule has 1 atom stereocenters. The molecular weight excluding hydrogens is 575 g/mol. The lowest BCUT2D eigenvalue weighted by Gasteiger charge is -2.35. The van der Waals surface area contributed by atoms with Crippen molar-refractivity contribution < 1.29 is 19.1 Å². The van der Waals surface area contributed by atoms with Gasteiger partial charge in [0.15, 0.2) is 5.69 Å². The average molecular weight is 604 g/mol. The SMILES string of the molecule is COc1ccc(C(=O)N2CCOCC2)cc1-c1nc2c(n1C(C)C)C1c3ccc(Cl)cc3-c3ccc(Cl)cc3N1C2=O. The summed E-state index contributed by atoms with van der Waals surface area (Å²) >= 11 is 12.9. The third kappa shape index (κ3) is 4.04. The van der Waals surface area contributed by atoms with Gasteiger partial charge in [0.25, 0.3) is 11.8 Å². The standard InChI is InChI=1S/C32H28Cl2N4O4/c1-17(2)37-29-27(35-30(37)24-14-18(4-9-26(24)41-3)31(39)36-10-12-42-13-11-36)32(40)38-25-16-20(34)5-7-21(25)23-15-19(33)6-8-22(23)28(29)38/h4-9,14-17,28H,10-13H2,1-3H3. The minimum Gasteiger partial charge on any atom is -0.496 e. The Labute approximate surface area is 253 Å². The molecule has 1 unspecified atom stereocenters. The zero-order valence-electron chi connectivity index (χ0n) is 23.4. The van der Waals surface area contributed by atoms with Crippen molar-refractivity contribution in [3.8, 4) is 28.3 Å². The molecular formula is C32H28Cl2N4O4. The number of halogens is 2. The zero-order valence-corrected chi connectivity index (χ0v) is 24.9. The number of ether oxygens (including phenoxy) is 2. The molecule has 1 fully saturated rings. The van der Waals surface area contributed by atoms with Crippen LogP contribution in [-0.4, -0.2) is 59.7 Å². The number of imidazole rings is 1. The van der Waals surface area contributed by atoms with E-state index in [0.717, 1.165) is 28.1 Å². The molecule has 3 aliphatic rings. The van der Waals surface area contributed by atoms with E-state index in [1.54, 1.807) is 29.0 Å². The summed E-state index contributed by atoms with van der Waals surface area (Å²) in [5, 5.41) is 1.14. The van der Waals surface area contributed by atoms with Gasteiger partial charge >= 0.3 is 0 Å². The van der Waals surface area contributed by atoms with Gasteiger partial charge in [0.05, 0.1) is 37.3 Å². The number of fused-ring (bicyclic) bond motifs is 8. The number of carbonyl (C=O) groups is 2. The third-order valence-corrected chi connectivity index (χ3v) is 8.68. The van der Waals surface area contributed by atoms with Gasteiger partial charge in [-0.3, -0.25) is 14.5 Å². The van der Waals surface area contributed by atoms with E-state index in [1.165, 1.54) is 0 Å². The molecule has 10 heteroatoms. The number of hydrogen-bond acceptors (Lipinski definition) is 5. The summed E-state index contributed by atoms with van der Waals surface area (Å²) in [6, 6.07) is 16.2. The predicted molar refractivity (Wildman–Crippen MR) is 162 cm³/mol. The number of methoxy groups -OCH3 is 1. The monoisotopic (exact) mass is 602 g/mol. The van der Waals surface area contributed by atoms with Gasteiger partial charge in [-0.1, -0.05) is 35.3 Å². The Hall–Kier alpha value is -3.85. The van der Waals surface area contributed by atoms with Crippen LogP contribution in [0.3, 0.4) is 0 Å². The number of morpholine rings is 1. The van der Waals surface area contributed by atoms with Crippen LogP contribution >= 0.6 is 23.2 Å². The number of amides is 2. The van der Waals surface area contributed by atoms with Gasteiger partial charge in [-0.15, -0.1) is 0 Å². The van der Waals surface area contributed by atoms with Gasteiger partial charge in [-0.25, -0.2) is 4.98 Å². The molecule has 214 valence electrons. The first-order valence-electron chi connectivity index (χ1n) is 13.9. The second kappa shape index (κ2) is 10.2. The fraction of sp³-hybridized carbons (Fsp3) is 0.281. The van der Waals surface area contributed by atoms with Gasteiger partial charge < -0.3 is 18.9 Å². The summed E-state index contributed by atoms with van der Waals surface area (Å²) in [4.78, 5) is 36.2. The molecule has 2 amide bonds. The highest BCUT2D eigenvalue weighted by Crippen LogP contribution is 2.54. The average Bonchev–Trinajstić information content (AvgIpc) is 3.52. The molecule has 3 aliphatic heterocycles. The number of aromatic nitrogens is 2. The summed E-state index contributed by atoms with van der Waals surface area (Å²) in [7, 11) is 1.59. The van der Waals surface area contributed by atoms with E-state index in [-0.39, 0.29) is 17.9 Å². The molecule has 1 aromatic heterocycles. The molecule has 0 spiro atoms. The quantitative estimate of drug-likeness (QED) is 0.261. The van der Waals surface area contributed by atoms with Crippen LogP contribution in [0.2, 0.25) is 10.0 Å². The fourth-order valence-corrected chi connectivity index (χ4v) is 6.70. The Balaban J connectivity index is 1.43. The number of nitrogens with zero attached hydrogens (tertiary/aromatic N) is 4. The van der Waals surface area contributed by atoms with Crippen molar-refractivity contribution in [2.75, 3.05) is 38.3 Å². The van der Waals surface area contributed by atoms with Crippen LogP contribution in [0.15, 0.2) is 54.6 Å². The number of carbonyl (C=O) groups excluding carboxylic acids is 2. The molecule has 0 radical (unpaired) electrons. The van der Waals surface area contributed by atoms with E-state index < -0.39 is 6.04 Å². The number of anilines is 1. The summed E-state index contributed by atoms with van der Waals surface area (Å²) in [6.45, 7) is 6.22. The van der Waals surface area contributed by atoms with E-state index in [0.29, 0.717) is 64.7 Å². The third-order valence-electron chi connectivity index (χ3n) is 8.21. The molecule has 7 rings (SSSR count). The van der Waals surface area contributed by atoms with Crippen LogP contribution in [-0.2, 0) is 4.74 Å². The number of benzene rings is 3. The summed E-state index contributed by atoms with van der Waals surface area (Å²) in [6.07, 6.45) is 0. The fourth-order valence-electron chi connectivity index (χ4n) is 6.36. The minimum absolute atomic E-state index is 0.0659. The summed E-state index contributed by atoms with van der Waals surface area (Å²) in [5.74, 6) is 0.853. The highest BCUT2D eigenvalue weighted by Gasteiger charge is 2.48. The zero-order chi connectivity index (χ0) is 29.3. The van der Waals surface area contributed by atoms with Crippen molar-refractivity contribution in [2.24, 2.45) is 0 Å². The first-order chi connectivity index (χ1) is 20.3. The Morgan fingerprint density at radius 2 is 1.71 bits per heavy atom. The van der Waals surface area contributed by atoms with Crippen molar-refractivity contribution in [2.45, 2.75) is 25.9 Å². The first-order valence-corrected chi connectivity index (χ1v) is 14.6. The van der Waals surface area contributed by atoms with Gasteiger partial charge in [-0.2, -0.15) is 0 Å². The van der Waals surface area contributed by atoms with Crippen molar-refractivity contribution in [1.29, 1.82) is 0 Å². The molecule has 42 heavy (non-hydrogen) atoms. The van der Waals surface area contributed by atoms with E-state index in [4.69, 9.17) is 37.7 Å². The number of hydrogen-bond donors (Lipinski definition) is 0. The maximum absolute atomic E-state index is 14.2. The Bertz CT molecular complexity index is 1780. The van der Waals surface area contributed by atoms with Crippen LogP contribution in [0.5, 0.6) is 5.75 Å². The van der Waals surface area contributed by atoms with Crippen LogP contribution in [0.1, 0.15) is 58.0 Å². The Morgan fingerprint density at radius 3 is 2.45 bits per heavy atom. The van der Waals surface area contributed by atoms with Gasteiger partial charge in [-0.05, 0) is 67.4 Å². The van der Waals surface area contributed by atoms with Crippen molar-refractivity contribution >= 4 is 40.7 Å². The molecule has 8 nitrogen and oxygen atoms in total. The topological polar surface area (TPSA) is 76.9 Å². The minimum atomic E-state index is -0.432. The molecule has 0 N–H and O–H groups in total. The Morgan fingerprint density at radius 1 is 0.976 bits per heavy atom. The maximum atomic E-state index is 14.2. The first kappa shape index (κ1) is 27.0. The van der Waals surface area contributed by atoms with Gasteiger partial charge in [0.1, 0.15) is 17.6 Å². The normalized spacial score (nSPS) is 17.2. The number of rotatable bonds is 4. The lowest BCUT2D eigenvalue weighted by molar-refractivity contribution is 0.0303. The molecule has 4 aromatic rings. The maximum Gasteiger partial charge on any atom is 0.279 e. The van der Waals surface area contributed by atoms with E-state index in [2.05, 4.69) is 18.4 Å². The van der Waals surface area contributed by atoms with E-state index in [1.807, 2.05) is 42.5 Å². The predicted octanol–water partition coefficient (Wildman–Crippen LogP) is 6.65. The van der Waals surface area contributed by atoms with E-state index >= 15 is 0 Å². The highest BCUT2D eigenvalue weighted by molar-refractivity contribution is 6.32. The van der Waals surface area contributed by atoms with Crippen LogP contribution in [0.25, 0.3) is 22.5 Å². The van der Waals surface area contributed by atoms with Crippen LogP contribution in [0, 0.1) is 0 Å². The van der Waals surface area contributed by atoms with Gasteiger partial charge in [0.2, 0.25) is 0 Å². The van der Waals surface area contributed by atoms with Crippen molar-refractivity contribution in [1.82, 2.24) is 14.5 Å². The van der Waals surface area contributed by atoms with Gasteiger partial charge in [0, 0.05) is 40.3 Å². The summed E-state index contributed by atoms with van der Waals surface area (Å²) < 4.78 is 13.3. The highest BCUT2D eigenvalue weighted by atomic mass is 35.5. The van der Waals surface area contributed by atoms with E-state index in [9.17, 15) is 9.59 Å². The smallest absolute Gasteiger partial charge is 0.279 e. The Kier molecular flexibility index (Phi) is 6.53. The molecule has 4 heterocycles. The second-order valence-electron chi connectivity index (χ2n) is 10.9. The second-order valence-corrected chi connectivity index (χ2v) is 11.8.